The maximum absolute atomic E-state index is 14.7. The summed E-state index contributed by atoms with van der Waals surface area (Å²) in [6.45, 7) is 17.9. The molecule has 0 saturated heterocycles. The summed E-state index contributed by atoms with van der Waals surface area (Å²) in [6, 6.07) is 13.4. The normalized spacial score (nSPS) is 15.7. The highest BCUT2D eigenvalue weighted by atomic mass is 16.3. The molecule has 256 valence electrons. The first-order valence-electron chi connectivity index (χ1n) is 17.3. The molecule has 2 N–H and O–H groups in total. The molecule has 1 unspecified atom stereocenters. The quantitative estimate of drug-likeness (QED) is 0.254. The van der Waals surface area contributed by atoms with Gasteiger partial charge in [-0.1, -0.05) is 98.1 Å². The van der Waals surface area contributed by atoms with E-state index < -0.39 is 5.54 Å². The Morgan fingerprint density at radius 3 is 2.00 bits per heavy atom. The summed E-state index contributed by atoms with van der Waals surface area (Å²) in [5.74, 6) is -0.230. The van der Waals surface area contributed by atoms with Gasteiger partial charge in [0.15, 0.2) is 0 Å². The summed E-state index contributed by atoms with van der Waals surface area (Å²) in [6.07, 6.45) is 5.93. The summed E-state index contributed by atoms with van der Waals surface area (Å²) in [5.41, 5.74) is 1.85. The molecule has 3 aromatic rings. The Morgan fingerprint density at radius 1 is 0.936 bits per heavy atom. The number of hydrogen-bond donors (Lipinski definition) is 2. The first kappa shape index (κ1) is 36.0. The second kappa shape index (κ2) is 13.7. The first-order valence-corrected chi connectivity index (χ1v) is 17.3. The van der Waals surface area contributed by atoms with Gasteiger partial charge in [-0.3, -0.25) is 24.0 Å². The van der Waals surface area contributed by atoms with Gasteiger partial charge in [-0.2, -0.15) is 0 Å². The molecule has 0 radical (unpaired) electrons. The number of aromatic hydroxyl groups is 1. The van der Waals surface area contributed by atoms with Crippen molar-refractivity contribution >= 4 is 17.5 Å². The Morgan fingerprint density at radius 2 is 1.49 bits per heavy atom. The van der Waals surface area contributed by atoms with Crippen LogP contribution in [0.4, 0.5) is 5.69 Å². The summed E-state index contributed by atoms with van der Waals surface area (Å²) in [7, 11) is 1.81. The van der Waals surface area contributed by atoms with Crippen molar-refractivity contribution in [1.82, 2.24) is 14.7 Å². The molecule has 1 heterocycles. The minimum atomic E-state index is -1.30. The molecule has 1 aliphatic carbocycles. The van der Waals surface area contributed by atoms with Crippen molar-refractivity contribution in [2.75, 3.05) is 4.90 Å². The van der Waals surface area contributed by atoms with Crippen LogP contribution in [0.2, 0.25) is 0 Å². The van der Waals surface area contributed by atoms with Gasteiger partial charge < -0.3 is 10.4 Å². The molecule has 0 spiro atoms. The molecule has 8 heteroatoms. The van der Waals surface area contributed by atoms with Crippen LogP contribution in [0.3, 0.4) is 0 Å². The molecule has 0 bridgehead atoms. The fourth-order valence-electron chi connectivity index (χ4n) is 6.81. The third-order valence-corrected chi connectivity index (χ3v) is 10.0. The number of phenolic OH excluding ortho intramolecular Hbond substituents is 1. The molecule has 2 amide bonds. The Bertz CT molecular complexity index is 1610. The van der Waals surface area contributed by atoms with Crippen LogP contribution < -0.4 is 15.8 Å². The number of anilines is 1. The predicted octanol–water partition coefficient (Wildman–Crippen LogP) is 7.37. The average molecular weight is 645 g/mol. The number of benzene rings is 2. The lowest BCUT2D eigenvalue weighted by molar-refractivity contribution is -0.131. The number of hydrogen-bond acceptors (Lipinski definition) is 4. The number of nitrogens with zero attached hydrogens (tertiary/aromatic N) is 3. The van der Waals surface area contributed by atoms with E-state index in [0.717, 1.165) is 48.8 Å². The van der Waals surface area contributed by atoms with Crippen molar-refractivity contribution in [3.05, 3.63) is 75.2 Å². The van der Waals surface area contributed by atoms with Crippen LogP contribution in [0.25, 0.3) is 5.69 Å². The summed E-state index contributed by atoms with van der Waals surface area (Å²) < 4.78 is 3.32. The van der Waals surface area contributed by atoms with Crippen LogP contribution in [0.1, 0.15) is 123 Å². The molecule has 1 aliphatic rings. The van der Waals surface area contributed by atoms with Gasteiger partial charge in [0.05, 0.1) is 11.4 Å². The van der Waals surface area contributed by atoms with Crippen molar-refractivity contribution in [2.45, 2.75) is 136 Å². The number of phenols is 1. The molecular formula is C39H56N4O4. The summed E-state index contributed by atoms with van der Waals surface area (Å²) in [4.78, 5) is 44.7. The standard InChI is InChI=1S/C39H56N4O4/c1-11-39(9,36(47)40-28-18-14-12-15-19-28)42(33-26(2)41(10)43(35(33)46)29-20-16-13-17-21-29)32(44)23-22-27-24-30(37(3,4)5)34(45)31(25-27)38(6,7)8/h13,16-17,20-21,24-25,28,45H,11-12,14-15,18-19,22-23H2,1-10H3,(H,40,47). The Balaban J connectivity index is 1.82. The number of nitrogens with one attached hydrogen (secondary N) is 1. The van der Waals surface area contributed by atoms with Gasteiger partial charge in [-0.15, -0.1) is 0 Å². The lowest BCUT2D eigenvalue weighted by Crippen LogP contribution is -2.61. The Kier molecular flexibility index (Phi) is 10.5. The van der Waals surface area contributed by atoms with Gasteiger partial charge in [0, 0.05) is 19.5 Å². The minimum absolute atomic E-state index is 0.0561. The molecule has 1 saturated carbocycles. The number of amides is 2. The molecule has 2 aromatic carbocycles. The number of aromatic nitrogens is 2. The van der Waals surface area contributed by atoms with Crippen LogP contribution in [-0.4, -0.2) is 37.9 Å². The highest BCUT2D eigenvalue weighted by Crippen LogP contribution is 2.40. The van der Waals surface area contributed by atoms with Crippen LogP contribution in [0.5, 0.6) is 5.75 Å². The highest BCUT2D eigenvalue weighted by Gasteiger charge is 2.45. The van der Waals surface area contributed by atoms with E-state index in [9.17, 15) is 19.5 Å². The lowest BCUT2D eigenvalue weighted by Gasteiger charge is -2.40. The third kappa shape index (κ3) is 7.37. The van der Waals surface area contributed by atoms with Crippen molar-refractivity contribution in [3.63, 3.8) is 0 Å². The van der Waals surface area contributed by atoms with Gasteiger partial charge in [-0.25, -0.2) is 4.68 Å². The second-order valence-electron chi connectivity index (χ2n) is 15.6. The molecule has 1 fully saturated rings. The average Bonchev–Trinajstić information content (AvgIpc) is 3.23. The van der Waals surface area contributed by atoms with Gasteiger partial charge in [0.25, 0.3) is 5.56 Å². The third-order valence-electron chi connectivity index (χ3n) is 10.0. The molecule has 4 rings (SSSR count). The van der Waals surface area contributed by atoms with E-state index in [1.54, 1.807) is 23.3 Å². The van der Waals surface area contributed by atoms with E-state index in [1.807, 2.05) is 56.3 Å². The molecule has 47 heavy (non-hydrogen) atoms. The van der Waals surface area contributed by atoms with Gasteiger partial charge >= 0.3 is 0 Å². The topological polar surface area (TPSA) is 96.6 Å². The first-order chi connectivity index (χ1) is 21.9. The van der Waals surface area contributed by atoms with E-state index in [-0.39, 0.29) is 46.4 Å². The minimum Gasteiger partial charge on any atom is -0.507 e. The number of carbonyl (C=O) groups is 2. The van der Waals surface area contributed by atoms with Gasteiger partial charge in [-0.05, 0) is 79.2 Å². The maximum Gasteiger partial charge on any atom is 0.295 e. The van der Waals surface area contributed by atoms with E-state index in [1.165, 1.54) is 4.90 Å². The molecule has 1 aromatic heterocycles. The molecule has 1 atom stereocenters. The number of para-hydroxylation sites is 1. The van der Waals surface area contributed by atoms with Crippen LogP contribution in [0.15, 0.2) is 47.3 Å². The highest BCUT2D eigenvalue weighted by molar-refractivity contribution is 6.03. The molecule has 0 aliphatic heterocycles. The summed E-state index contributed by atoms with van der Waals surface area (Å²) in [5, 5.41) is 14.5. The monoisotopic (exact) mass is 644 g/mol. The predicted molar refractivity (Wildman–Crippen MR) is 191 cm³/mol. The number of carbonyl (C=O) groups excluding carboxylic acids is 2. The molecule has 8 nitrogen and oxygen atoms in total. The fourth-order valence-corrected chi connectivity index (χ4v) is 6.81. The maximum atomic E-state index is 14.7. The fraction of sp³-hybridized carbons (Fsp3) is 0.564. The van der Waals surface area contributed by atoms with Crippen LogP contribution >= 0.6 is 0 Å². The van der Waals surface area contributed by atoms with Crippen LogP contribution in [0, 0.1) is 6.92 Å². The van der Waals surface area contributed by atoms with E-state index >= 15 is 0 Å². The smallest absolute Gasteiger partial charge is 0.295 e. The van der Waals surface area contributed by atoms with Crippen molar-refractivity contribution in [2.24, 2.45) is 7.05 Å². The zero-order chi connectivity index (χ0) is 34.9. The van der Waals surface area contributed by atoms with E-state index in [2.05, 4.69) is 46.9 Å². The van der Waals surface area contributed by atoms with Crippen molar-refractivity contribution in [3.8, 4) is 11.4 Å². The van der Waals surface area contributed by atoms with E-state index in [0.29, 0.717) is 30.0 Å². The van der Waals surface area contributed by atoms with Crippen molar-refractivity contribution < 1.29 is 14.7 Å². The summed E-state index contributed by atoms with van der Waals surface area (Å²) >= 11 is 0. The SMILES string of the molecule is CCC(C)(C(=O)NC1CCCCC1)N(C(=O)CCc1cc(C(C)(C)C)c(O)c(C(C)(C)C)c1)c1c(C)n(C)n(-c2ccccc2)c1=O. The zero-order valence-corrected chi connectivity index (χ0v) is 30.3. The largest absolute Gasteiger partial charge is 0.507 e. The van der Waals surface area contributed by atoms with Crippen molar-refractivity contribution in [1.29, 1.82) is 0 Å². The zero-order valence-electron chi connectivity index (χ0n) is 30.3. The Hall–Kier alpha value is -3.81. The van der Waals surface area contributed by atoms with Gasteiger partial charge in [0.2, 0.25) is 11.8 Å². The van der Waals surface area contributed by atoms with Gasteiger partial charge in [0.1, 0.15) is 17.0 Å². The number of rotatable bonds is 9. The number of aryl methyl sites for hydroxylation is 1. The van der Waals surface area contributed by atoms with Crippen LogP contribution in [-0.2, 0) is 33.9 Å². The molecular weight excluding hydrogens is 588 g/mol. The van der Waals surface area contributed by atoms with E-state index in [4.69, 9.17) is 0 Å². The lowest BCUT2D eigenvalue weighted by atomic mass is 9.78. The second-order valence-corrected chi connectivity index (χ2v) is 15.6. The Labute approximate surface area is 281 Å².